The van der Waals surface area contributed by atoms with Gasteiger partial charge in [-0.15, -0.1) is 0 Å². The molecule has 6 heteroatoms. The quantitative estimate of drug-likeness (QED) is 0.156. The Morgan fingerprint density at radius 1 is 0.860 bits per heavy atom. The highest BCUT2D eigenvalue weighted by Crippen LogP contribution is 2.77. The molecular formula is C44H73NO5. The molecule has 0 aliphatic heterocycles. The number of aliphatic hydroxyl groups is 1. The van der Waals surface area contributed by atoms with Gasteiger partial charge < -0.3 is 20.3 Å². The van der Waals surface area contributed by atoms with E-state index < -0.39 is 11.4 Å². The van der Waals surface area contributed by atoms with E-state index in [0.29, 0.717) is 23.7 Å². The molecule has 0 heterocycles. The second kappa shape index (κ2) is 13.5. The lowest BCUT2D eigenvalue weighted by Gasteiger charge is -2.72. The van der Waals surface area contributed by atoms with E-state index in [1.165, 1.54) is 57.8 Å². The average molecular weight is 696 g/mol. The summed E-state index contributed by atoms with van der Waals surface area (Å²) in [4.78, 5) is 24.8. The normalized spacial score (nSPS) is 40.8. The summed E-state index contributed by atoms with van der Waals surface area (Å²) in [5, 5.41) is 25.6. The first-order valence-electron chi connectivity index (χ1n) is 20.9. The molecule has 0 aromatic rings. The number of carboxylic acid groups (broad SMARTS) is 1. The van der Waals surface area contributed by atoms with E-state index >= 15 is 0 Å². The van der Waals surface area contributed by atoms with E-state index in [4.69, 9.17) is 4.74 Å². The van der Waals surface area contributed by atoms with Crippen LogP contribution in [0.3, 0.4) is 0 Å². The van der Waals surface area contributed by atoms with Gasteiger partial charge in [0.1, 0.15) is 6.10 Å². The fourth-order valence-electron chi connectivity index (χ4n) is 14.1. The number of esters is 1. The van der Waals surface area contributed by atoms with Crippen molar-refractivity contribution in [3.63, 3.8) is 0 Å². The van der Waals surface area contributed by atoms with Crippen molar-refractivity contribution < 1.29 is 24.5 Å². The van der Waals surface area contributed by atoms with Gasteiger partial charge >= 0.3 is 11.9 Å². The standard InChI is InChI=1S/C44H73NO5/c1-28(2)30-17-22-44(34(46)27-45-26-29-13-11-10-12-14-29)24-23-42(8)31(37(30)44)15-16-33-41(7)20-19-35(50-36(47)25-39(3,4)38(48)49)40(5,6)32(41)18-21-43(33,42)9/h28-29,31-35,45-46H,10-27H2,1-9H3,(H,48,49)/t31-,32+,33-,34-,35+,41+,42-,43-,44-/m1/s1. The molecule has 0 aromatic heterocycles. The van der Waals surface area contributed by atoms with Gasteiger partial charge in [0.25, 0.3) is 0 Å². The second-order valence-corrected chi connectivity index (χ2v) is 20.7. The molecule has 0 unspecified atom stereocenters. The van der Waals surface area contributed by atoms with E-state index in [0.717, 1.165) is 57.5 Å². The lowest BCUT2D eigenvalue weighted by Crippen LogP contribution is -2.66. The Balaban J connectivity index is 1.23. The molecule has 6 rings (SSSR count). The van der Waals surface area contributed by atoms with Crippen LogP contribution in [-0.4, -0.2) is 47.4 Å². The molecule has 0 saturated heterocycles. The van der Waals surface area contributed by atoms with Crippen molar-refractivity contribution in [1.29, 1.82) is 0 Å². The minimum absolute atomic E-state index is 0.0766. The summed E-state index contributed by atoms with van der Waals surface area (Å²) < 4.78 is 6.19. The highest BCUT2D eigenvalue weighted by Gasteiger charge is 2.70. The fraction of sp³-hybridized carbons (Fsp3) is 0.909. The number of carboxylic acids is 1. The number of fused-ring (bicyclic) bond motifs is 7. The minimum atomic E-state index is -1.13. The predicted molar refractivity (Wildman–Crippen MR) is 200 cm³/mol. The largest absolute Gasteiger partial charge is 0.481 e. The van der Waals surface area contributed by atoms with Gasteiger partial charge in [-0.2, -0.15) is 0 Å². The van der Waals surface area contributed by atoms with Crippen molar-refractivity contribution in [3.8, 4) is 0 Å². The number of hydrogen-bond acceptors (Lipinski definition) is 5. The van der Waals surface area contributed by atoms with Crippen LogP contribution in [0.1, 0.15) is 165 Å². The number of ether oxygens (including phenoxy) is 1. The van der Waals surface area contributed by atoms with Crippen LogP contribution in [0.5, 0.6) is 0 Å². The van der Waals surface area contributed by atoms with Crippen LogP contribution >= 0.6 is 0 Å². The van der Waals surface area contributed by atoms with E-state index in [1.807, 2.05) is 0 Å². The van der Waals surface area contributed by atoms with E-state index in [-0.39, 0.29) is 51.7 Å². The molecule has 6 aliphatic carbocycles. The summed E-state index contributed by atoms with van der Waals surface area (Å²) in [5.74, 6) is 1.55. The summed E-state index contributed by atoms with van der Waals surface area (Å²) in [6, 6.07) is 0. The zero-order valence-electron chi connectivity index (χ0n) is 33.4. The third kappa shape index (κ3) is 6.05. The van der Waals surface area contributed by atoms with Crippen molar-refractivity contribution in [2.45, 2.75) is 177 Å². The first-order valence-corrected chi connectivity index (χ1v) is 20.9. The van der Waals surface area contributed by atoms with Gasteiger partial charge in [0.05, 0.1) is 17.9 Å². The Morgan fingerprint density at radius 2 is 1.56 bits per heavy atom. The number of allylic oxidation sites excluding steroid dienone is 1. The smallest absolute Gasteiger partial charge is 0.309 e. The fourth-order valence-corrected chi connectivity index (χ4v) is 14.1. The van der Waals surface area contributed by atoms with Gasteiger partial charge in [-0.05, 0) is 143 Å². The van der Waals surface area contributed by atoms with Crippen molar-refractivity contribution in [1.82, 2.24) is 5.32 Å². The van der Waals surface area contributed by atoms with Crippen LogP contribution < -0.4 is 5.32 Å². The number of rotatable bonds is 10. The van der Waals surface area contributed by atoms with Crippen LogP contribution in [-0.2, 0) is 14.3 Å². The van der Waals surface area contributed by atoms with E-state index in [1.54, 1.807) is 25.0 Å². The van der Waals surface area contributed by atoms with Crippen LogP contribution in [0, 0.1) is 62.1 Å². The lowest BCUT2D eigenvalue weighted by atomic mass is 9.33. The van der Waals surface area contributed by atoms with Gasteiger partial charge in [-0.3, -0.25) is 9.59 Å². The Kier molecular flexibility index (Phi) is 10.3. The summed E-state index contributed by atoms with van der Waals surface area (Å²) in [7, 11) is 0. The average Bonchev–Trinajstić information content (AvgIpc) is 3.44. The molecule has 6 nitrogen and oxygen atoms in total. The van der Waals surface area contributed by atoms with Crippen molar-refractivity contribution in [2.75, 3.05) is 13.1 Å². The first kappa shape index (κ1) is 38.3. The Labute approximate surface area is 304 Å². The Morgan fingerprint density at radius 3 is 2.22 bits per heavy atom. The third-order valence-corrected chi connectivity index (χ3v) is 17.2. The van der Waals surface area contributed by atoms with Crippen LogP contribution in [0.15, 0.2) is 11.1 Å². The summed E-state index contributed by atoms with van der Waals surface area (Å²) in [6.07, 6.45) is 17.4. The Bertz CT molecular complexity index is 1330. The molecular weight excluding hydrogens is 622 g/mol. The molecule has 284 valence electrons. The zero-order chi connectivity index (χ0) is 36.5. The molecule has 6 aliphatic rings. The van der Waals surface area contributed by atoms with Crippen molar-refractivity contribution >= 4 is 11.9 Å². The molecule has 5 saturated carbocycles. The number of carbonyl (C=O) groups excluding carboxylic acids is 1. The van der Waals surface area contributed by atoms with E-state index in [2.05, 4.69) is 53.8 Å². The maximum Gasteiger partial charge on any atom is 0.309 e. The van der Waals surface area contributed by atoms with Gasteiger partial charge in [-0.1, -0.05) is 78.9 Å². The number of aliphatic hydroxyl groups excluding tert-OH is 1. The molecule has 50 heavy (non-hydrogen) atoms. The molecule has 0 spiro atoms. The molecule has 0 bridgehead atoms. The van der Waals surface area contributed by atoms with Gasteiger partial charge in [-0.25, -0.2) is 0 Å². The first-order chi connectivity index (χ1) is 23.3. The molecule has 3 N–H and O–H groups in total. The third-order valence-electron chi connectivity index (χ3n) is 17.2. The highest BCUT2D eigenvalue weighted by atomic mass is 16.5. The SMILES string of the molecule is CC(C)C1=C2[C@H]3CC[C@@H]4[C@@]5(C)CC[C@H](OC(=O)CC(C)(C)C(=O)O)C(C)(C)[C@@H]5CC[C@@]4(C)[C@]3(C)CC[C@@]2([C@H](O)CNCC2CCCCC2)CC1. The number of aliphatic carboxylic acids is 1. The van der Waals surface area contributed by atoms with Gasteiger partial charge in [0.15, 0.2) is 0 Å². The molecule has 9 atom stereocenters. The minimum Gasteiger partial charge on any atom is -0.481 e. The summed E-state index contributed by atoms with van der Waals surface area (Å²) >= 11 is 0. The maximum atomic E-state index is 13.1. The molecule has 5 fully saturated rings. The maximum absolute atomic E-state index is 13.1. The zero-order valence-corrected chi connectivity index (χ0v) is 33.4. The molecule has 0 radical (unpaired) electrons. The van der Waals surface area contributed by atoms with E-state index in [9.17, 15) is 19.8 Å². The van der Waals surface area contributed by atoms with Crippen LogP contribution in [0.25, 0.3) is 0 Å². The Hall–Kier alpha value is -1.40. The van der Waals surface area contributed by atoms with Crippen molar-refractivity contribution in [3.05, 3.63) is 11.1 Å². The topological polar surface area (TPSA) is 95.9 Å². The van der Waals surface area contributed by atoms with Crippen molar-refractivity contribution in [2.24, 2.45) is 62.1 Å². The molecule has 0 amide bonds. The predicted octanol–water partition coefficient (Wildman–Crippen LogP) is 9.73. The summed E-state index contributed by atoms with van der Waals surface area (Å²) in [5.41, 5.74) is 2.55. The lowest BCUT2D eigenvalue weighted by molar-refractivity contribution is -0.235. The van der Waals surface area contributed by atoms with Gasteiger partial charge in [0, 0.05) is 17.4 Å². The molecule has 0 aromatic carbocycles. The van der Waals surface area contributed by atoms with Crippen LogP contribution in [0.2, 0.25) is 0 Å². The number of hydrogen-bond donors (Lipinski definition) is 3. The number of nitrogens with one attached hydrogen (secondary N) is 1. The highest BCUT2D eigenvalue weighted by molar-refractivity contribution is 5.81. The van der Waals surface area contributed by atoms with Gasteiger partial charge in [0.2, 0.25) is 0 Å². The number of carbonyl (C=O) groups is 2. The second-order valence-electron chi connectivity index (χ2n) is 20.7. The van der Waals surface area contributed by atoms with Crippen LogP contribution in [0.4, 0.5) is 0 Å². The summed E-state index contributed by atoms with van der Waals surface area (Å²) in [6.45, 7) is 22.3. The monoisotopic (exact) mass is 696 g/mol.